The van der Waals surface area contributed by atoms with Gasteiger partial charge in [0.15, 0.2) is 0 Å². The Kier molecular flexibility index (Phi) is 7.13. The van der Waals surface area contributed by atoms with Crippen molar-refractivity contribution in [2.75, 3.05) is 13.7 Å². The molecule has 0 radical (unpaired) electrons. The summed E-state index contributed by atoms with van der Waals surface area (Å²) in [7, 11) is 1.24. The highest BCUT2D eigenvalue weighted by molar-refractivity contribution is 6.03. The van der Waals surface area contributed by atoms with Gasteiger partial charge in [0, 0.05) is 0 Å². The van der Waals surface area contributed by atoms with E-state index in [0.29, 0.717) is 6.42 Å². The van der Waals surface area contributed by atoms with E-state index < -0.39 is 29.4 Å². The van der Waals surface area contributed by atoms with Crippen molar-refractivity contribution in [3.8, 4) is 0 Å². The van der Waals surface area contributed by atoms with Gasteiger partial charge in [0.05, 0.1) is 13.7 Å². The Morgan fingerprint density at radius 3 is 2.59 bits per heavy atom. The Balaban J connectivity index is 2.32. The number of esters is 2. The first-order valence-corrected chi connectivity index (χ1v) is 9.22. The molecular formula is C19H25N3O7. The molecule has 0 bridgehead atoms. The minimum atomic E-state index is -0.828. The van der Waals surface area contributed by atoms with E-state index in [9.17, 15) is 19.2 Å². The number of rotatable bonds is 8. The number of nitrogens with one attached hydrogen (secondary N) is 1. The van der Waals surface area contributed by atoms with Crippen LogP contribution < -0.4 is 10.9 Å². The number of furan rings is 1. The van der Waals surface area contributed by atoms with Crippen LogP contribution in [0.15, 0.2) is 15.5 Å². The highest BCUT2D eigenvalue weighted by Crippen LogP contribution is 2.21. The largest absolute Gasteiger partial charge is 0.467 e. The second-order valence-corrected chi connectivity index (χ2v) is 6.88. The number of carbonyl (C=O) groups is 3. The molecule has 1 atom stereocenters. The zero-order valence-electron chi connectivity index (χ0n) is 17.1. The SMILES string of the molecule is CCOC(=O)c1c(C)oc2ncn(CC(=O)N[C@H](CC(C)C)C(=O)OC)c(=O)c12. The average Bonchev–Trinajstić information content (AvgIpc) is 2.99. The van der Waals surface area contributed by atoms with E-state index in [1.54, 1.807) is 6.92 Å². The van der Waals surface area contributed by atoms with E-state index in [-0.39, 0.29) is 41.5 Å². The summed E-state index contributed by atoms with van der Waals surface area (Å²) in [5, 5.41) is 2.52. The summed E-state index contributed by atoms with van der Waals surface area (Å²) in [6.45, 7) is 6.72. The fourth-order valence-corrected chi connectivity index (χ4v) is 2.92. The predicted molar refractivity (Wildman–Crippen MR) is 102 cm³/mol. The van der Waals surface area contributed by atoms with Gasteiger partial charge in [0.1, 0.15) is 35.6 Å². The van der Waals surface area contributed by atoms with Crippen molar-refractivity contribution in [1.29, 1.82) is 0 Å². The van der Waals surface area contributed by atoms with Crippen molar-refractivity contribution < 1.29 is 28.3 Å². The molecule has 0 aromatic carbocycles. The van der Waals surface area contributed by atoms with Crippen molar-refractivity contribution in [3.05, 3.63) is 28.0 Å². The molecule has 0 aliphatic rings. The molecule has 2 rings (SSSR count). The molecule has 2 aromatic heterocycles. The normalized spacial score (nSPS) is 12.1. The summed E-state index contributed by atoms with van der Waals surface area (Å²) in [5.41, 5.74) is -0.649. The van der Waals surface area contributed by atoms with Gasteiger partial charge in [-0.05, 0) is 26.2 Å². The zero-order chi connectivity index (χ0) is 21.7. The standard InChI is InChI=1S/C19H25N3O7/c1-6-28-19(26)14-11(4)29-16-15(14)17(24)22(9-20-16)8-13(23)21-12(7-10(2)3)18(25)27-5/h9-10,12H,6-8H2,1-5H3,(H,21,23)/t12-/m1/s1. The van der Waals surface area contributed by atoms with Gasteiger partial charge in [-0.3, -0.25) is 14.2 Å². The summed E-state index contributed by atoms with van der Waals surface area (Å²) in [6, 6.07) is -0.828. The second kappa shape index (κ2) is 9.35. The maximum atomic E-state index is 12.8. The Morgan fingerprint density at radius 2 is 2.00 bits per heavy atom. The van der Waals surface area contributed by atoms with Crippen LogP contribution in [0.4, 0.5) is 0 Å². The molecule has 0 fully saturated rings. The molecule has 29 heavy (non-hydrogen) atoms. The predicted octanol–water partition coefficient (Wildman–Crippen LogP) is 1.18. The van der Waals surface area contributed by atoms with Crippen LogP contribution in [0.5, 0.6) is 0 Å². The summed E-state index contributed by atoms with van der Waals surface area (Å²) >= 11 is 0. The minimum absolute atomic E-state index is 0.0126. The molecule has 158 valence electrons. The highest BCUT2D eigenvalue weighted by atomic mass is 16.5. The maximum absolute atomic E-state index is 12.8. The molecule has 10 heteroatoms. The van der Waals surface area contributed by atoms with Crippen molar-refractivity contribution in [2.24, 2.45) is 5.92 Å². The third-order valence-corrected chi connectivity index (χ3v) is 4.18. The van der Waals surface area contributed by atoms with Gasteiger partial charge in [0.2, 0.25) is 11.6 Å². The van der Waals surface area contributed by atoms with Gasteiger partial charge in [-0.15, -0.1) is 0 Å². The Hall–Kier alpha value is -3.17. The van der Waals surface area contributed by atoms with Crippen LogP contribution in [-0.2, 0) is 25.6 Å². The molecule has 0 saturated carbocycles. The van der Waals surface area contributed by atoms with Crippen molar-refractivity contribution in [2.45, 2.75) is 46.7 Å². The molecule has 0 aliphatic heterocycles. The molecule has 1 amide bonds. The quantitative estimate of drug-likeness (QED) is 0.646. The van der Waals surface area contributed by atoms with Crippen LogP contribution >= 0.6 is 0 Å². The third kappa shape index (κ3) is 5.01. The molecule has 2 heterocycles. The fourth-order valence-electron chi connectivity index (χ4n) is 2.92. The average molecular weight is 407 g/mol. The molecular weight excluding hydrogens is 382 g/mol. The van der Waals surface area contributed by atoms with E-state index in [4.69, 9.17) is 13.9 Å². The number of hydrogen-bond acceptors (Lipinski definition) is 8. The minimum Gasteiger partial charge on any atom is -0.467 e. The number of hydrogen-bond donors (Lipinski definition) is 1. The van der Waals surface area contributed by atoms with Crippen molar-refractivity contribution in [3.63, 3.8) is 0 Å². The van der Waals surface area contributed by atoms with Crippen LogP contribution in [0.25, 0.3) is 11.1 Å². The number of methoxy groups -OCH3 is 1. The summed E-state index contributed by atoms with van der Waals surface area (Å²) in [5.74, 6) is -1.49. The van der Waals surface area contributed by atoms with E-state index in [0.717, 1.165) is 10.9 Å². The topological polar surface area (TPSA) is 130 Å². The van der Waals surface area contributed by atoms with E-state index >= 15 is 0 Å². The number of fused-ring (bicyclic) bond motifs is 1. The Morgan fingerprint density at radius 1 is 1.31 bits per heavy atom. The van der Waals surface area contributed by atoms with Gasteiger partial charge < -0.3 is 19.2 Å². The first-order valence-electron chi connectivity index (χ1n) is 9.22. The number of nitrogens with zero attached hydrogens (tertiary/aromatic N) is 2. The molecule has 0 unspecified atom stereocenters. The summed E-state index contributed by atoms with van der Waals surface area (Å²) < 4.78 is 16.1. The molecule has 1 N–H and O–H groups in total. The lowest BCUT2D eigenvalue weighted by Crippen LogP contribution is -2.44. The monoisotopic (exact) mass is 407 g/mol. The van der Waals surface area contributed by atoms with Crippen LogP contribution in [0.1, 0.15) is 43.3 Å². The van der Waals surface area contributed by atoms with E-state index in [2.05, 4.69) is 10.3 Å². The third-order valence-electron chi connectivity index (χ3n) is 4.18. The molecule has 0 aliphatic carbocycles. The lowest BCUT2D eigenvalue weighted by molar-refractivity contribution is -0.145. The number of aromatic nitrogens is 2. The molecule has 0 saturated heterocycles. The Labute approximate surface area is 167 Å². The Bertz CT molecular complexity index is 974. The van der Waals surface area contributed by atoms with Gasteiger partial charge in [0.25, 0.3) is 5.56 Å². The van der Waals surface area contributed by atoms with E-state index in [1.807, 2.05) is 13.8 Å². The number of carbonyl (C=O) groups excluding carboxylic acids is 3. The van der Waals surface area contributed by atoms with Gasteiger partial charge in [-0.25, -0.2) is 14.6 Å². The van der Waals surface area contributed by atoms with Crippen molar-refractivity contribution in [1.82, 2.24) is 14.9 Å². The first kappa shape index (κ1) is 22.1. The summed E-state index contributed by atoms with van der Waals surface area (Å²) in [4.78, 5) is 53.3. The van der Waals surface area contributed by atoms with Gasteiger partial charge in [-0.1, -0.05) is 13.8 Å². The van der Waals surface area contributed by atoms with Crippen LogP contribution in [0.3, 0.4) is 0 Å². The number of amides is 1. The summed E-state index contributed by atoms with van der Waals surface area (Å²) in [6.07, 6.45) is 1.54. The number of aryl methyl sites for hydroxylation is 1. The lowest BCUT2D eigenvalue weighted by atomic mass is 10.0. The lowest BCUT2D eigenvalue weighted by Gasteiger charge is -2.18. The van der Waals surface area contributed by atoms with Crippen LogP contribution in [0.2, 0.25) is 0 Å². The number of ether oxygens (including phenoxy) is 2. The van der Waals surface area contributed by atoms with E-state index in [1.165, 1.54) is 14.0 Å². The molecule has 10 nitrogen and oxygen atoms in total. The zero-order valence-corrected chi connectivity index (χ0v) is 17.1. The first-order chi connectivity index (χ1) is 13.7. The molecule has 2 aromatic rings. The highest BCUT2D eigenvalue weighted by Gasteiger charge is 2.26. The second-order valence-electron chi connectivity index (χ2n) is 6.88. The molecule has 0 spiro atoms. The fraction of sp³-hybridized carbons (Fsp3) is 0.526. The van der Waals surface area contributed by atoms with Crippen LogP contribution in [0, 0.1) is 12.8 Å². The van der Waals surface area contributed by atoms with Gasteiger partial charge >= 0.3 is 11.9 Å². The van der Waals surface area contributed by atoms with Crippen LogP contribution in [-0.4, -0.2) is 47.2 Å². The van der Waals surface area contributed by atoms with Crippen molar-refractivity contribution >= 4 is 28.9 Å². The smallest absolute Gasteiger partial charge is 0.342 e. The maximum Gasteiger partial charge on any atom is 0.342 e. The van der Waals surface area contributed by atoms with Gasteiger partial charge in [-0.2, -0.15) is 0 Å².